The summed E-state index contributed by atoms with van der Waals surface area (Å²) in [5.41, 5.74) is 7.83. The first-order valence-electron chi connectivity index (χ1n) is 6.18. The Labute approximate surface area is 122 Å². The van der Waals surface area contributed by atoms with Gasteiger partial charge in [-0.05, 0) is 19.1 Å². The number of aryl methyl sites for hydroxylation is 1. The van der Waals surface area contributed by atoms with Crippen molar-refractivity contribution < 1.29 is 4.79 Å². The van der Waals surface area contributed by atoms with E-state index in [0.717, 1.165) is 16.4 Å². The number of carbonyl (C=O) groups is 1. The lowest BCUT2D eigenvalue weighted by molar-refractivity contribution is 0.0997. The molecule has 2 rings (SSSR count). The molecule has 0 spiro atoms. The van der Waals surface area contributed by atoms with Crippen LogP contribution in [0.4, 0.5) is 16.6 Å². The highest BCUT2D eigenvalue weighted by molar-refractivity contribution is 7.18. The Morgan fingerprint density at radius 2 is 1.80 bits per heavy atom. The Morgan fingerprint density at radius 1 is 1.20 bits per heavy atom. The smallest absolute Gasteiger partial charge is 0.272 e. The van der Waals surface area contributed by atoms with Gasteiger partial charge in [-0.1, -0.05) is 29.0 Å². The number of hydrogen-bond acceptors (Lipinski definition) is 5. The number of aromatic nitrogens is 1. The molecule has 0 bridgehead atoms. The van der Waals surface area contributed by atoms with Crippen molar-refractivity contribution >= 4 is 33.9 Å². The van der Waals surface area contributed by atoms with Crippen LogP contribution in [0.1, 0.15) is 15.2 Å². The van der Waals surface area contributed by atoms with Gasteiger partial charge in [-0.3, -0.25) is 4.79 Å². The monoisotopic (exact) mass is 290 g/mol. The summed E-state index contributed by atoms with van der Waals surface area (Å²) in [7, 11) is 5.48. The van der Waals surface area contributed by atoms with Gasteiger partial charge in [0.15, 0.2) is 5.13 Å². The molecule has 0 aliphatic rings. The van der Waals surface area contributed by atoms with E-state index in [0.29, 0.717) is 4.88 Å². The van der Waals surface area contributed by atoms with E-state index in [9.17, 15) is 4.79 Å². The van der Waals surface area contributed by atoms with Gasteiger partial charge in [-0.2, -0.15) is 0 Å². The second kappa shape index (κ2) is 5.50. The number of thiazole rings is 1. The van der Waals surface area contributed by atoms with Crippen molar-refractivity contribution in [3.05, 3.63) is 34.7 Å². The molecule has 0 saturated heterocycles. The van der Waals surface area contributed by atoms with Crippen LogP contribution in [0.25, 0.3) is 0 Å². The Balaban J connectivity index is 2.28. The fourth-order valence-corrected chi connectivity index (χ4v) is 2.59. The summed E-state index contributed by atoms with van der Waals surface area (Å²) in [6.07, 6.45) is 0. The van der Waals surface area contributed by atoms with Gasteiger partial charge in [0.2, 0.25) is 0 Å². The minimum absolute atomic E-state index is 0.142. The molecule has 0 aliphatic carbocycles. The maximum Gasteiger partial charge on any atom is 0.272 e. The fraction of sp³-hybridized carbons (Fsp3) is 0.286. The summed E-state index contributed by atoms with van der Waals surface area (Å²) >= 11 is 1.30. The number of nitrogens with two attached hydrogens (primary N) is 1. The third-order valence-corrected chi connectivity index (χ3v) is 4.17. The third-order valence-electron chi connectivity index (χ3n) is 2.94. The lowest BCUT2D eigenvalue weighted by Crippen LogP contribution is -2.26. The standard InChI is InChI=1S/C14H18N4OS/c1-9-5-7-10(8-6-9)18(4)13(19)11-12(15)16-14(20-11)17(2)3/h5-8H,15H2,1-4H3. The van der Waals surface area contributed by atoms with E-state index in [1.807, 2.05) is 50.2 Å². The van der Waals surface area contributed by atoms with Crippen molar-refractivity contribution in [1.82, 2.24) is 4.98 Å². The molecule has 106 valence electrons. The van der Waals surface area contributed by atoms with E-state index in [2.05, 4.69) is 4.98 Å². The van der Waals surface area contributed by atoms with E-state index in [1.165, 1.54) is 11.3 Å². The van der Waals surface area contributed by atoms with Crippen molar-refractivity contribution in [2.24, 2.45) is 0 Å². The topological polar surface area (TPSA) is 62.5 Å². The minimum atomic E-state index is -0.142. The van der Waals surface area contributed by atoms with E-state index in [-0.39, 0.29) is 11.7 Å². The largest absolute Gasteiger partial charge is 0.382 e. The summed E-state index contributed by atoms with van der Waals surface area (Å²) in [5.74, 6) is 0.139. The Morgan fingerprint density at radius 3 is 2.30 bits per heavy atom. The van der Waals surface area contributed by atoms with Crippen LogP contribution in [0.2, 0.25) is 0 Å². The van der Waals surface area contributed by atoms with Gasteiger partial charge in [0.05, 0.1) is 0 Å². The molecule has 0 fully saturated rings. The summed E-state index contributed by atoms with van der Waals surface area (Å²) in [6.45, 7) is 2.01. The van der Waals surface area contributed by atoms with Gasteiger partial charge in [0.1, 0.15) is 10.7 Å². The predicted octanol–water partition coefficient (Wildman–Crippen LogP) is 2.38. The first kappa shape index (κ1) is 14.3. The molecule has 1 heterocycles. The fourth-order valence-electron chi connectivity index (χ4n) is 1.70. The quantitative estimate of drug-likeness (QED) is 0.942. The highest BCUT2D eigenvalue weighted by atomic mass is 32.1. The summed E-state index contributed by atoms with van der Waals surface area (Å²) in [6, 6.07) is 7.77. The summed E-state index contributed by atoms with van der Waals surface area (Å²) in [4.78, 5) is 20.6. The van der Waals surface area contributed by atoms with Crippen molar-refractivity contribution in [1.29, 1.82) is 0 Å². The van der Waals surface area contributed by atoms with Gasteiger partial charge in [-0.15, -0.1) is 0 Å². The number of hydrogen-bond donors (Lipinski definition) is 1. The average molecular weight is 290 g/mol. The van der Waals surface area contributed by atoms with Crippen LogP contribution in [-0.2, 0) is 0 Å². The SMILES string of the molecule is Cc1ccc(N(C)C(=O)c2sc(N(C)C)nc2N)cc1. The third kappa shape index (κ3) is 2.75. The molecule has 0 aliphatic heterocycles. The maximum atomic E-state index is 12.5. The van der Waals surface area contributed by atoms with Crippen LogP contribution < -0.4 is 15.5 Å². The number of nitrogens with zero attached hydrogens (tertiary/aromatic N) is 3. The molecule has 2 aromatic rings. The zero-order valence-electron chi connectivity index (χ0n) is 12.0. The van der Waals surface area contributed by atoms with E-state index in [1.54, 1.807) is 11.9 Å². The lowest BCUT2D eigenvalue weighted by Gasteiger charge is -2.16. The van der Waals surface area contributed by atoms with Crippen molar-refractivity contribution in [3.8, 4) is 0 Å². The second-order valence-corrected chi connectivity index (χ2v) is 5.78. The molecule has 2 N–H and O–H groups in total. The highest BCUT2D eigenvalue weighted by Gasteiger charge is 2.21. The van der Waals surface area contributed by atoms with Crippen LogP contribution >= 0.6 is 11.3 Å². The first-order chi connectivity index (χ1) is 9.40. The van der Waals surface area contributed by atoms with E-state index >= 15 is 0 Å². The molecule has 0 radical (unpaired) electrons. The van der Waals surface area contributed by atoms with Crippen molar-refractivity contribution in [2.45, 2.75) is 6.92 Å². The van der Waals surface area contributed by atoms with Gasteiger partial charge in [0, 0.05) is 26.8 Å². The molecular formula is C14H18N4OS. The molecule has 0 saturated carbocycles. The number of carbonyl (C=O) groups excluding carboxylic acids is 1. The predicted molar refractivity (Wildman–Crippen MR) is 84.8 cm³/mol. The highest BCUT2D eigenvalue weighted by Crippen LogP contribution is 2.29. The van der Waals surface area contributed by atoms with Gasteiger partial charge in [0.25, 0.3) is 5.91 Å². The number of rotatable bonds is 3. The van der Waals surface area contributed by atoms with Gasteiger partial charge < -0.3 is 15.5 Å². The van der Waals surface area contributed by atoms with E-state index < -0.39 is 0 Å². The molecule has 1 amide bonds. The zero-order chi connectivity index (χ0) is 14.9. The second-order valence-electron chi connectivity index (χ2n) is 4.80. The van der Waals surface area contributed by atoms with Crippen molar-refractivity contribution in [3.63, 3.8) is 0 Å². The molecule has 1 aromatic heterocycles. The van der Waals surface area contributed by atoms with Crippen LogP contribution in [-0.4, -0.2) is 32.0 Å². The van der Waals surface area contributed by atoms with Gasteiger partial charge >= 0.3 is 0 Å². The Kier molecular flexibility index (Phi) is 3.94. The Bertz CT molecular complexity index is 619. The van der Waals surface area contributed by atoms with Crippen molar-refractivity contribution in [2.75, 3.05) is 36.7 Å². The summed E-state index contributed by atoms with van der Waals surface area (Å²) < 4.78 is 0. The first-order valence-corrected chi connectivity index (χ1v) is 7.00. The molecule has 0 unspecified atom stereocenters. The molecule has 20 heavy (non-hydrogen) atoms. The van der Waals surface area contributed by atoms with E-state index in [4.69, 9.17) is 5.73 Å². The van der Waals surface area contributed by atoms with Crippen LogP contribution in [0, 0.1) is 6.92 Å². The normalized spacial score (nSPS) is 10.4. The molecule has 0 atom stereocenters. The zero-order valence-corrected chi connectivity index (χ0v) is 12.9. The number of nitrogen functional groups attached to an aromatic ring is 1. The minimum Gasteiger partial charge on any atom is -0.382 e. The number of amides is 1. The molecular weight excluding hydrogens is 272 g/mol. The van der Waals surface area contributed by atoms with Gasteiger partial charge in [-0.25, -0.2) is 4.98 Å². The Hall–Kier alpha value is -2.08. The molecule has 6 heteroatoms. The van der Waals surface area contributed by atoms with Crippen LogP contribution in [0.5, 0.6) is 0 Å². The van der Waals surface area contributed by atoms with Crippen LogP contribution in [0.15, 0.2) is 24.3 Å². The molecule has 5 nitrogen and oxygen atoms in total. The molecule has 1 aromatic carbocycles. The number of benzene rings is 1. The lowest BCUT2D eigenvalue weighted by atomic mass is 10.2. The van der Waals surface area contributed by atoms with Crippen LogP contribution in [0.3, 0.4) is 0 Å². The summed E-state index contributed by atoms with van der Waals surface area (Å²) in [5, 5.41) is 0.725. The number of anilines is 3. The maximum absolute atomic E-state index is 12.5. The average Bonchev–Trinajstić information content (AvgIpc) is 2.80.